The number of sulfonamides is 1. The molecule has 1 aliphatic heterocycles. The van der Waals surface area contributed by atoms with Crippen molar-refractivity contribution in [2.24, 2.45) is 5.92 Å². The van der Waals surface area contributed by atoms with Crippen molar-refractivity contribution in [3.05, 3.63) is 48.0 Å². The summed E-state index contributed by atoms with van der Waals surface area (Å²) in [4.78, 5) is 0.0436. The number of methoxy groups -OCH3 is 1. The van der Waals surface area contributed by atoms with Gasteiger partial charge in [-0.2, -0.15) is 8.78 Å². The van der Waals surface area contributed by atoms with E-state index in [4.69, 9.17) is 4.74 Å². The fourth-order valence-electron chi connectivity index (χ4n) is 3.96. The number of anilines is 1. The van der Waals surface area contributed by atoms with Gasteiger partial charge in [-0.1, -0.05) is 12.1 Å². The molecule has 0 bridgehead atoms. The van der Waals surface area contributed by atoms with Crippen molar-refractivity contribution in [1.29, 1.82) is 0 Å². The molecule has 1 heterocycles. The molecule has 0 amide bonds. The Morgan fingerprint density at radius 1 is 1.21 bits per heavy atom. The van der Waals surface area contributed by atoms with E-state index in [0.29, 0.717) is 11.7 Å². The fourth-order valence-corrected chi connectivity index (χ4v) is 5.05. The maximum Gasteiger partial charge on any atom is 0.387 e. The van der Waals surface area contributed by atoms with E-state index in [0.717, 1.165) is 25.1 Å². The molecule has 2 unspecified atom stereocenters. The Bertz CT molecular complexity index is 999. The molecule has 1 saturated heterocycles. The fraction of sp³-hybridized carbons (Fsp3) is 0.368. The summed E-state index contributed by atoms with van der Waals surface area (Å²) in [6.45, 7) is -1.38. The lowest BCUT2D eigenvalue weighted by Gasteiger charge is -2.19. The van der Waals surface area contributed by atoms with Crippen LogP contribution in [0.5, 0.6) is 11.5 Å². The smallest absolute Gasteiger partial charge is 0.387 e. The van der Waals surface area contributed by atoms with Crippen LogP contribution in [0.4, 0.5) is 14.5 Å². The van der Waals surface area contributed by atoms with E-state index < -0.39 is 16.6 Å². The molecule has 0 aromatic heterocycles. The van der Waals surface area contributed by atoms with Gasteiger partial charge in [-0.05, 0) is 49.2 Å². The summed E-state index contributed by atoms with van der Waals surface area (Å²) in [5, 5.41) is 3.33. The summed E-state index contributed by atoms with van der Waals surface area (Å²) >= 11 is 0. The third-order valence-electron chi connectivity index (χ3n) is 5.43. The van der Waals surface area contributed by atoms with Crippen molar-refractivity contribution in [2.45, 2.75) is 23.3 Å². The van der Waals surface area contributed by atoms with Gasteiger partial charge in [0, 0.05) is 17.5 Å². The number of ether oxygens (including phenoxy) is 2. The molecule has 2 N–H and O–H groups in total. The van der Waals surface area contributed by atoms with Crippen molar-refractivity contribution in [1.82, 2.24) is 5.32 Å². The van der Waals surface area contributed by atoms with Gasteiger partial charge in [0.15, 0.2) is 0 Å². The largest absolute Gasteiger partial charge is 0.496 e. The number of piperidine rings is 1. The van der Waals surface area contributed by atoms with Crippen molar-refractivity contribution < 1.29 is 26.7 Å². The lowest BCUT2D eigenvalue weighted by molar-refractivity contribution is -0.0493. The summed E-state index contributed by atoms with van der Waals surface area (Å²) in [5.74, 6) is 0.870. The lowest BCUT2D eigenvalue weighted by Crippen LogP contribution is -2.21. The molecule has 2 aliphatic rings. The summed E-state index contributed by atoms with van der Waals surface area (Å²) in [6, 6.07) is 10.4. The number of nitrogens with one attached hydrogen (secondary N) is 2. The van der Waals surface area contributed by atoms with Gasteiger partial charge in [-0.25, -0.2) is 8.42 Å². The van der Waals surface area contributed by atoms with Gasteiger partial charge in [-0.15, -0.1) is 0 Å². The van der Waals surface area contributed by atoms with Gasteiger partial charge in [0.05, 0.1) is 17.7 Å². The quantitative estimate of drug-likeness (QED) is 0.734. The second kappa shape index (κ2) is 6.89. The Morgan fingerprint density at radius 2 is 2.00 bits per heavy atom. The van der Waals surface area contributed by atoms with E-state index in [1.54, 1.807) is 19.2 Å². The van der Waals surface area contributed by atoms with Crippen LogP contribution in [0.1, 0.15) is 12.0 Å². The Hall–Kier alpha value is -2.39. The zero-order chi connectivity index (χ0) is 19.9. The van der Waals surface area contributed by atoms with Crippen LogP contribution >= 0.6 is 0 Å². The maximum atomic E-state index is 12.9. The predicted molar refractivity (Wildman–Crippen MR) is 99.5 cm³/mol. The van der Waals surface area contributed by atoms with Gasteiger partial charge in [-0.3, -0.25) is 4.72 Å². The van der Waals surface area contributed by atoms with E-state index in [2.05, 4.69) is 14.8 Å². The van der Waals surface area contributed by atoms with Crippen LogP contribution in [0.25, 0.3) is 0 Å². The Morgan fingerprint density at radius 3 is 2.64 bits per heavy atom. The number of alkyl halides is 2. The van der Waals surface area contributed by atoms with Crippen LogP contribution in [-0.2, 0) is 15.4 Å². The van der Waals surface area contributed by atoms with Crippen molar-refractivity contribution in [3.8, 4) is 11.5 Å². The van der Waals surface area contributed by atoms with Crippen LogP contribution in [0, 0.1) is 5.92 Å². The molecule has 150 valence electrons. The molecule has 1 aliphatic carbocycles. The van der Waals surface area contributed by atoms with Gasteiger partial charge < -0.3 is 14.8 Å². The number of benzene rings is 2. The van der Waals surface area contributed by atoms with Crippen LogP contribution in [0.3, 0.4) is 0 Å². The van der Waals surface area contributed by atoms with Crippen molar-refractivity contribution in [3.63, 3.8) is 0 Å². The van der Waals surface area contributed by atoms with Crippen LogP contribution < -0.4 is 19.5 Å². The third kappa shape index (κ3) is 3.29. The first kappa shape index (κ1) is 18.9. The maximum absolute atomic E-state index is 12.9. The average molecular weight is 410 g/mol. The predicted octanol–water partition coefficient (Wildman–Crippen LogP) is 2.96. The number of hydrogen-bond acceptors (Lipinski definition) is 5. The first-order chi connectivity index (χ1) is 13.4. The van der Waals surface area contributed by atoms with Crippen LogP contribution in [-0.4, -0.2) is 35.2 Å². The van der Waals surface area contributed by atoms with E-state index >= 15 is 0 Å². The zero-order valence-electron chi connectivity index (χ0n) is 15.1. The molecule has 4 rings (SSSR count). The summed E-state index contributed by atoms with van der Waals surface area (Å²) < 4.78 is 63.2. The molecule has 0 spiro atoms. The Balaban J connectivity index is 1.68. The number of rotatable bonds is 7. The van der Waals surface area contributed by atoms with Crippen molar-refractivity contribution >= 4 is 15.7 Å². The number of para-hydroxylation sites is 2. The second-order valence-electron chi connectivity index (χ2n) is 7.03. The molecule has 2 atom stereocenters. The van der Waals surface area contributed by atoms with E-state index in [9.17, 15) is 17.2 Å². The third-order valence-corrected chi connectivity index (χ3v) is 6.79. The minimum absolute atomic E-state index is 0.0436. The molecule has 2 aromatic carbocycles. The molecule has 2 aromatic rings. The topological polar surface area (TPSA) is 76.7 Å². The number of hydrogen-bond donors (Lipinski definition) is 2. The van der Waals surface area contributed by atoms with E-state index in [1.807, 2.05) is 0 Å². The highest BCUT2D eigenvalue weighted by Crippen LogP contribution is 2.58. The Labute approximate surface area is 161 Å². The zero-order valence-corrected chi connectivity index (χ0v) is 15.9. The molecule has 1 saturated carbocycles. The van der Waals surface area contributed by atoms with Crippen LogP contribution in [0.2, 0.25) is 0 Å². The Kier molecular flexibility index (Phi) is 4.67. The highest BCUT2D eigenvalue weighted by atomic mass is 32.2. The van der Waals surface area contributed by atoms with E-state index in [-0.39, 0.29) is 21.7 Å². The monoisotopic (exact) mass is 410 g/mol. The number of halogens is 2. The summed E-state index contributed by atoms with van der Waals surface area (Å²) in [6.07, 6.45) is 0.984. The normalized spacial score (nSPS) is 23.4. The first-order valence-corrected chi connectivity index (χ1v) is 10.3. The summed E-state index contributed by atoms with van der Waals surface area (Å²) in [5.41, 5.74) is 0.697. The minimum atomic E-state index is -4.01. The highest BCUT2D eigenvalue weighted by molar-refractivity contribution is 7.92. The van der Waals surface area contributed by atoms with Gasteiger partial charge in [0.2, 0.25) is 0 Å². The van der Waals surface area contributed by atoms with Gasteiger partial charge in [0.1, 0.15) is 11.5 Å². The molecule has 28 heavy (non-hydrogen) atoms. The van der Waals surface area contributed by atoms with Crippen LogP contribution in [0.15, 0.2) is 47.4 Å². The lowest BCUT2D eigenvalue weighted by atomic mass is 9.94. The van der Waals surface area contributed by atoms with E-state index in [1.165, 1.54) is 30.3 Å². The highest BCUT2D eigenvalue weighted by Gasteiger charge is 2.59. The van der Waals surface area contributed by atoms with Gasteiger partial charge >= 0.3 is 6.61 Å². The minimum Gasteiger partial charge on any atom is -0.496 e. The average Bonchev–Trinajstić information content (AvgIpc) is 3.22. The first-order valence-electron chi connectivity index (χ1n) is 8.81. The van der Waals surface area contributed by atoms with Crippen molar-refractivity contribution in [2.75, 3.05) is 24.9 Å². The van der Waals surface area contributed by atoms with Gasteiger partial charge in [0.25, 0.3) is 10.0 Å². The molecule has 2 fully saturated rings. The SMILES string of the molecule is COc1ccc(S(=O)(=O)Nc2ccccc2OC(F)F)cc1C12CNCC1C2. The number of fused-ring (bicyclic) bond motifs is 1. The standard InChI is InChI=1S/C19H20F2N2O4S/c1-26-16-7-6-13(8-14(16)19-9-12(19)10-22-11-19)28(24,25)23-15-4-2-3-5-17(15)27-18(20)21/h2-8,12,18,22-23H,9-11H2,1H3. The molecular formula is C19H20F2N2O4S. The molecule has 0 radical (unpaired) electrons. The molecular weight excluding hydrogens is 390 g/mol. The molecule has 6 nitrogen and oxygen atoms in total. The summed E-state index contributed by atoms with van der Waals surface area (Å²) in [7, 11) is -2.45. The molecule has 9 heteroatoms. The second-order valence-corrected chi connectivity index (χ2v) is 8.71.